The second-order valence-corrected chi connectivity index (χ2v) is 9.16. The molecule has 0 saturated carbocycles. The monoisotopic (exact) mass is 454 g/mol. The first-order chi connectivity index (χ1) is 15.3. The summed E-state index contributed by atoms with van der Waals surface area (Å²) in [7, 11) is 0. The minimum atomic E-state index is -1.13. The van der Waals surface area contributed by atoms with Crippen molar-refractivity contribution in [1.82, 2.24) is 5.32 Å². The number of hydrogen-bond acceptors (Lipinski definition) is 5. The Labute approximate surface area is 191 Å². The second-order valence-electron chi connectivity index (χ2n) is 7.78. The van der Waals surface area contributed by atoms with Crippen molar-refractivity contribution in [2.75, 3.05) is 11.4 Å². The van der Waals surface area contributed by atoms with E-state index in [1.807, 2.05) is 43.3 Å². The predicted molar refractivity (Wildman–Crippen MR) is 124 cm³/mol. The van der Waals surface area contributed by atoms with E-state index in [1.165, 1.54) is 11.8 Å². The van der Waals surface area contributed by atoms with Crippen molar-refractivity contribution in [1.29, 1.82) is 0 Å². The van der Waals surface area contributed by atoms with E-state index in [0.29, 0.717) is 24.9 Å². The molecule has 32 heavy (non-hydrogen) atoms. The van der Waals surface area contributed by atoms with Gasteiger partial charge in [0.1, 0.15) is 12.6 Å². The molecule has 1 heterocycles. The number of carboxylic acids is 1. The highest BCUT2D eigenvalue weighted by molar-refractivity contribution is 8.14. The van der Waals surface area contributed by atoms with E-state index >= 15 is 0 Å². The Morgan fingerprint density at radius 2 is 1.84 bits per heavy atom. The summed E-state index contributed by atoms with van der Waals surface area (Å²) in [6, 6.07) is 13.9. The molecule has 2 N–H and O–H groups in total. The molecule has 2 aromatic carbocycles. The molecule has 8 heteroatoms. The molecule has 1 aliphatic heterocycles. The van der Waals surface area contributed by atoms with Crippen LogP contribution in [-0.2, 0) is 32.0 Å². The van der Waals surface area contributed by atoms with Crippen molar-refractivity contribution in [2.45, 2.75) is 44.4 Å². The molecular formula is C24H26N2O5S. The van der Waals surface area contributed by atoms with Crippen LogP contribution in [0.25, 0.3) is 0 Å². The van der Waals surface area contributed by atoms with Crippen molar-refractivity contribution in [3.8, 4) is 0 Å². The lowest BCUT2D eigenvalue weighted by Gasteiger charge is -2.26. The Morgan fingerprint density at radius 1 is 1.16 bits per heavy atom. The van der Waals surface area contributed by atoms with Crippen LogP contribution in [0.2, 0.25) is 0 Å². The van der Waals surface area contributed by atoms with Crippen molar-refractivity contribution in [2.24, 2.45) is 0 Å². The highest BCUT2D eigenvalue weighted by Gasteiger charge is 2.34. The fourth-order valence-electron chi connectivity index (χ4n) is 3.84. The number of thioether (sulfide) groups is 1. The van der Waals surface area contributed by atoms with Crippen molar-refractivity contribution < 1.29 is 24.3 Å². The maximum Gasteiger partial charge on any atom is 0.323 e. The van der Waals surface area contributed by atoms with Gasteiger partial charge in [-0.1, -0.05) is 54.2 Å². The molecule has 7 nitrogen and oxygen atoms in total. The second kappa shape index (κ2) is 10.5. The fraction of sp³-hybridized carbons (Fsp3) is 0.333. The van der Waals surface area contributed by atoms with Gasteiger partial charge in [-0.05, 0) is 48.9 Å². The van der Waals surface area contributed by atoms with Crippen LogP contribution in [0.5, 0.6) is 0 Å². The van der Waals surface area contributed by atoms with Crippen molar-refractivity contribution in [3.63, 3.8) is 0 Å². The van der Waals surface area contributed by atoms with E-state index < -0.39 is 35.6 Å². The van der Waals surface area contributed by atoms with Gasteiger partial charge in [-0.15, -0.1) is 0 Å². The third-order valence-electron chi connectivity index (χ3n) is 5.43. The van der Waals surface area contributed by atoms with Crippen LogP contribution in [-0.4, -0.2) is 45.8 Å². The van der Waals surface area contributed by atoms with Gasteiger partial charge in [0.25, 0.3) is 0 Å². The molecular weight excluding hydrogens is 428 g/mol. The molecule has 168 valence electrons. The predicted octanol–water partition coefficient (Wildman–Crippen LogP) is 2.73. The fourth-order valence-corrected chi connectivity index (χ4v) is 4.68. The van der Waals surface area contributed by atoms with Crippen LogP contribution >= 0.6 is 11.8 Å². The van der Waals surface area contributed by atoms with E-state index in [9.17, 15) is 24.3 Å². The number of anilines is 1. The lowest BCUT2D eigenvalue weighted by molar-refractivity contribution is -0.137. The Hall–Kier alpha value is -3.13. The average molecular weight is 455 g/mol. The molecule has 3 rings (SSSR count). The average Bonchev–Trinajstić information content (AvgIpc) is 2.86. The molecule has 0 saturated heterocycles. The van der Waals surface area contributed by atoms with Gasteiger partial charge >= 0.3 is 5.97 Å². The molecule has 1 aliphatic rings. The first-order valence-electron chi connectivity index (χ1n) is 10.4. The summed E-state index contributed by atoms with van der Waals surface area (Å²) < 4.78 is 0. The van der Waals surface area contributed by atoms with E-state index in [2.05, 4.69) is 5.32 Å². The van der Waals surface area contributed by atoms with Gasteiger partial charge in [0.05, 0.1) is 5.25 Å². The topological polar surface area (TPSA) is 104 Å². The van der Waals surface area contributed by atoms with Gasteiger partial charge in [-0.25, -0.2) is 0 Å². The number of aryl methyl sites for hydroxylation is 2. The number of carboxylic acid groups (broad SMARTS) is 1. The molecule has 2 amide bonds. The van der Waals surface area contributed by atoms with Crippen LogP contribution in [0.1, 0.15) is 30.0 Å². The summed E-state index contributed by atoms with van der Waals surface area (Å²) in [6.07, 6.45) is 1.22. The minimum absolute atomic E-state index is 0.189. The van der Waals surface area contributed by atoms with E-state index in [-0.39, 0.29) is 5.12 Å². The zero-order valence-electron chi connectivity index (χ0n) is 18.0. The van der Waals surface area contributed by atoms with Crippen LogP contribution in [0.3, 0.4) is 0 Å². The highest BCUT2D eigenvalue weighted by Crippen LogP contribution is 2.27. The third-order valence-corrected chi connectivity index (χ3v) is 6.42. The Kier molecular flexibility index (Phi) is 7.69. The van der Waals surface area contributed by atoms with E-state index in [1.54, 1.807) is 12.1 Å². The van der Waals surface area contributed by atoms with Gasteiger partial charge in [0, 0.05) is 12.6 Å². The van der Waals surface area contributed by atoms with Crippen LogP contribution in [0, 0.1) is 6.92 Å². The molecule has 0 radical (unpaired) electrons. The van der Waals surface area contributed by atoms with Crippen molar-refractivity contribution in [3.05, 3.63) is 65.2 Å². The molecule has 2 aromatic rings. The molecule has 0 spiro atoms. The van der Waals surface area contributed by atoms with Gasteiger partial charge in [-0.3, -0.25) is 24.1 Å². The third kappa shape index (κ3) is 5.76. The first-order valence-corrected chi connectivity index (χ1v) is 11.3. The largest absolute Gasteiger partial charge is 0.480 e. The Bertz CT molecular complexity index is 1040. The number of carbonyl (C=O) groups is 4. The maximum absolute atomic E-state index is 13.2. The van der Waals surface area contributed by atoms with Crippen LogP contribution in [0.15, 0.2) is 48.5 Å². The van der Waals surface area contributed by atoms with Crippen LogP contribution in [0.4, 0.5) is 5.69 Å². The summed E-state index contributed by atoms with van der Waals surface area (Å²) in [4.78, 5) is 50.8. The maximum atomic E-state index is 13.2. The molecule has 0 aliphatic carbocycles. The summed E-state index contributed by atoms with van der Waals surface area (Å²) in [5.74, 6) is -2.01. The summed E-state index contributed by atoms with van der Waals surface area (Å²) in [6.45, 7) is 2.86. The molecule has 0 fully saturated rings. The number of carbonyl (C=O) groups excluding carboxylic acids is 3. The number of rotatable bonds is 7. The number of nitrogens with one attached hydrogen (secondary N) is 1. The molecule has 1 unspecified atom stereocenters. The van der Waals surface area contributed by atoms with Gasteiger partial charge in [-0.2, -0.15) is 0 Å². The summed E-state index contributed by atoms with van der Waals surface area (Å²) in [5.41, 5.74) is 3.37. The van der Waals surface area contributed by atoms with E-state index in [0.717, 1.165) is 28.5 Å². The normalized spacial score (nSPS) is 16.6. The first kappa shape index (κ1) is 23.5. The smallest absolute Gasteiger partial charge is 0.323 e. The number of amides is 2. The zero-order chi connectivity index (χ0) is 23.3. The highest BCUT2D eigenvalue weighted by atomic mass is 32.2. The Balaban J connectivity index is 1.82. The minimum Gasteiger partial charge on any atom is -0.480 e. The number of para-hydroxylation sites is 1. The summed E-state index contributed by atoms with van der Waals surface area (Å²) >= 11 is 0.935. The molecule has 0 aromatic heterocycles. The van der Waals surface area contributed by atoms with Crippen LogP contribution < -0.4 is 10.2 Å². The number of fused-ring (bicyclic) bond motifs is 1. The number of hydrogen-bond donors (Lipinski definition) is 2. The quantitative estimate of drug-likeness (QED) is 0.667. The lowest BCUT2D eigenvalue weighted by atomic mass is 10.0. The number of aliphatic carboxylic acids is 1. The standard InChI is InChI=1S/C24H26N2O5S/c1-15-7-3-4-9-18(15)13-21(32-16(2)27)23(30)25-19-12-11-17-8-5-6-10-20(17)26(24(19)31)14-22(28)29/h3-10,19,21H,11-14H2,1-2H3,(H,25,30)(H,28,29)/t19?,21-/m0/s1. The zero-order valence-corrected chi connectivity index (χ0v) is 18.9. The van der Waals surface area contributed by atoms with Crippen molar-refractivity contribution >= 4 is 40.3 Å². The van der Waals surface area contributed by atoms with E-state index in [4.69, 9.17) is 0 Å². The van der Waals surface area contributed by atoms with Gasteiger partial charge in [0.2, 0.25) is 11.8 Å². The molecule has 2 atom stereocenters. The Morgan fingerprint density at radius 3 is 2.53 bits per heavy atom. The molecule has 0 bridgehead atoms. The number of nitrogens with zero attached hydrogens (tertiary/aromatic N) is 1. The SMILES string of the molecule is CC(=O)S[C@@H](Cc1ccccc1C)C(=O)NC1CCc2ccccc2N(CC(=O)O)C1=O. The van der Waals surface area contributed by atoms with Gasteiger partial charge < -0.3 is 10.4 Å². The number of benzene rings is 2. The lowest BCUT2D eigenvalue weighted by Crippen LogP contribution is -2.51. The summed E-state index contributed by atoms with van der Waals surface area (Å²) in [5, 5.41) is 11.2. The van der Waals surface area contributed by atoms with Gasteiger partial charge in [0.15, 0.2) is 5.12 Å².